The topological polar surface area (TPSA) is 66.8 Å². The van der Waals surface area contributed by atoms with E-state index in [1.807, 2.05) is 0 Å². The third-order valence-electron chi connectivity index (χ3n) is 4.53. The van der Waals surface area contributed by atoms with Crippen LogP contribution in [-0.4, -0.2) is 48.7 Å². The first-order chi connectivity index (χ1) is 12.0. The van der Waals surface area contributed by atoms with Gasteiger partial charge in [-0.05, 0) is 33.4 Å². The second-order valence-corrected chi connectivity index (χ2v) is 7.11. The van der Waals surface area contributed by atoms with Crippen molar-refractivity contribution < 1.29 is 19.4 Å². The third-order valence-corrected chi connectivity index (χ3v) is 4.53. The summed E-state index contributed by atoms with van der Waals surface area (Å²) in [7, 11) is 3.48. The molecule has 0 fully saturated rings. The molecule has 0 aromatic heterocycles. The lowest BCUT2D eigenvalue weighted by atomic mass is 10.1. The molecule has 1 atom stereocenters. The normalized spacial score (nSPS) is 12.3. The van der Waals surface area contributed by atoms with Crippen molar-refractivity contribution in [3.8, 4) is 0 Å². The van der Waals surface area contributed by atoms with Crippen LogP contribution in [0.25, 0.3) is 0 Å². The fourth-order valence-electron chi connectivity index (χ4n) is 2.89. The van der Waals surface area contributed by atoms with Gasteiger partial charge in [0.25, 0.3) is 0 Å². The lowest BCUT2D eigenvalue weighted by molar-refractivity contribution is -0.145. The molecule has 0 aliphatic heterocycles. The minimum atomic E-state index is -0.844. The van der Waals surface area contributed by atoms with Gasteiger partial charge >= 0.3 is 11.9 Å². The fraction of sp³-hybridized carbons (Fsp3) is 0.900. The summed E-state index contributed by atoms with van der Waals surface area (Å²) in [6.45, 7) is 2.73. The fourth-order valence-corrected chi connectivity index (χ4v) is 2.89. The number of ether oxygens (including phenoxy) is 1. The maximum Gasteiger partial charge on any atom is 0.320 e. The van der Waals surface area contributed by atoms with Gasteiger partial charge in [-0.25, -0.2) is 0 Å². The van der Waals surface area contributed by atoms with E-state index in [1.54, 1.807) is 19.0 Å². The van der Waals surface area contributed by atoms with Crippen molar-refractivity contribution in [2.24, 2.45) is 0 Å². The van der Waals surface area contributed by atoms with Crippen molar-refractivity contribution >= 4 is 11.9 Å². The summed E-state index contributed by atoms with van der Waals surface area (Å²) >= 11 is 0. The van der Waals surface area contributed by atoms with E-state index in [9.17, 15) is 9.59 Å². The first-order valence-electron chi connectivity index (χ1n) is 10.0. The Bertz CT molecular complexity index is 345. The number of hydrogen-bond donors (Lipinski definition) is 1. The van der Waals surface area contributed by atoms with Crippen LogP contribution < -0.4 is 0 Å². The predicted octanol–water partition coefficient (Wildman–Crippen LogP) is 4.64. The molecule has 0 aromatic carbocycles. The molecule has 25 heavy (non-hydrogen) atoms. The van der Waals surface area contributed by atoms with Crippen molar-refractivity contribution in [1.82, 2.24) is 4.90 Å². The largest absolute Gasteiger partial charge is 0.480 e. The summed E-state index contributed by atoms with van der Waals surface area (Å²) in [5.74, 6) is -1.05. The molecule has 0 bridgehead atoms. The van der Waals surface area contributed by atoms with E-state index in [0.717, 1.165) is 12.8 Å². The molecule has 0 aliphatic rings. The number of hydrogen-bond acceptors (Lipinski definition) is 4. The molecular formula is C20H39NO4. The zero-order valence-electron chi connectivity index (χ0n) is 16.6. The van der Waals surface area contributed by atoms with E-state index < -0.39 is 12.0 Å². The molecule has 1 N–H and O–H groups in total. The number of nitrogens with zero attached hydrogens (tertiary/aromatic N) is 1. The smallest absolute Gasteiger partial charge is 0.320 e. The second-order valence-electron chi connectivity index (χ2n) is 7.11. The molecule has 0 aliphatic carbocycles. The average molecular weight is 358 g/mol. The Morgan fingerprint density at radius 3 is 1.88 bits per heavy atom. The van der Waals surface area contributed by atoms with Gasteiger partial charge in [-0.1, -0.05) is 64.7 Å². The van der Waals surface area contributed by atoms with Crippen LogP contribution >= 0.6 is 0 Å². The summed E-state index contributed by atoms with van der Waals surface area (Å²) in [6.07, 6.45) is 13.9. The third kappa shape index (κ3) is 14.9. The van der Waals surface area contributed by atoms with Crippen molar-refractivity contribution in [3.63, 3.8) is 0 Å². The van der Waals surface area contributed by atoms with Crippen LogP contribution in [0, 0.1) is 0 Å². The van der Waals surface area contributed by atoms with Crippen LogP contribution in [0.4, 0.5) is 0 Å². The molecular weight excluding hydrogens is 318 g/mol. The zero-order valence-corrected chi connectivity index (χ0v) is 16.6. The monoisotopic (exact) mass is 357 g/mol. The van der Waals surface area contributed by atoms with Crippen LogP contribution in [0.15, 0.2) is 0 Å². The van der Waals surface area contributed by atoms with E-state index in [-0.39, 0.29) is 5.97 Å². The summed E-state index contributed by atoms with van der Waals surface area (Å²) in [6, 6.07) is -0.533. The molecule has 0 spiro atoms. The highest BCUT2D eigenvalue weighted by Crippen LogP contribution is 2.11. The van der Waals surface area contributed by atoms with Gasteiger partial charge in [0.05, 0.1) is 6.61 Å². The minimum absolute atomic E-state index is 0.209. The molecule has 148 valence electrons. The molecule has 0 aromatic rings. The van der Waals surface area contributed by atoms with E-state index in [0.29, 0.717) is 25.9 Å². The highest BCUT2D eigenvalue weighted by molar-refractivity contribution is 5.73. The molecule has 5 nitrogen and oxygen atoms in total. The van der Waals surface area contributed by atoms with Crippen LogP contribution in [0.5, 0.6) is 0 Å². The first-order valence-corrected chi connectivity index (χ1v) is 10.0. The maximum absolute atomic E-state index is 11.6. The number of rotatable bonds is 17. The quantitative estimate of drug-likeness (QED) is 0.303. The van der Waals surface area contributed by atoms with Gasteiger partial charge < -0.3 is 9.84 Å². The number of unbranched alkanes of at least 4 members (excludes halogenated alkanes) is 9. The number of aliphatic carboxylic acids is 1. The SMILES string of the molecule is CCCCCCCCCCCCOC(=O)CCCC(C(=O)O)N(C)C. The molecule has 0 heterocycles. The van der Waals surface area contributed by atoms with Crippen LogP contribution in [0.3, 0.4) is 0 Å². The van der Waals surface area contributed by atoms with Crippen LogP contribution in [-0.2, 0) is 14.3 Å². The summed E-state index contributed by atoms with van der Waals surface area (Å²) in [4.78, 5) is 24.3. The van der Waals surface area contributed by atoms with Crippen molar-refractivity contribution in [1.29, 1.82) is 0 Å². The van der Waals surface area contributed by atoms with Gasteiger partial charge in [-0.3, -0.25) is 14.5 Å². The predicted molar refractivity (Wildman–Crippen MR) is 102 cm³/mol. The Balaban J connectivity index is 3.43. The first kappa shape index (κ1) is 23.9. The molecule has 0 radical (unpaired) electrons. The summed E-state index contributed by atoms with van der Waals surface area (Å²) in [5, 5.41) is 9.07. The Hall–Kier alpha value is -1.10. The van der Waals surface area contributed by atoms with Gasteiger partial charge in [0.2, 0.25) is 0 Å². The number of carbonyl (C=O) groups excluding carboxylic acids is 1. The average Bonchev–Trinajstić information content (AvgIpc) is 2.55. The van der Waals surface area contributed by atoms with Gasteiger partial charge in [-0.2, -0.15) is 0 Å². The highest BCUT2D eigenvalue weighted by Gasteiger charge is 2.19. The van der Waals surface area contributed by atoms with Gasteiger partial charge in [0, 0.05) is 6.42 Å². The van der Waals surface area contributed by atoms with E-state index in [4.69, 9.17) is 9.84 Å². The Morgan fingerprint density at radius 1 is 0.880 bits per heavy atom. The Morgan fingerprint density at radius 2 is 1.40 bits per heavy atom. The molecule has 0 saturated heterocycles. The molecule has 0 amide bonds. The van der Waals surface area contributed by atoms with E-state index in [1.165, 1.54) is 51.4 Å². The number of carboxylic acid groups (broad SMARTS) is 1. The van der Waals surface area contributed by atoms with Crippen LogP contribution in [0.1, 0.15) is 90.4 Å². The maximum atomic E-state index is 11.6. The Kier molecular flexibility index (Phi) is 15.7. The lowest BCUT2D eigenvalue weighted by Crippen LogP contribution is -2.35. The van der Waals surface area contributed by atoms with E-state index in [2.05, 4.69) is 6.92 Å². The molecule has 0 rings (SSSR count). The van der Waals surface area contributed by atoms with E-state index >= 15 is 0 Å². The lowest BCUT2D eigenvalue weighted by Gasteiger charge is -2.19. The summed E-state index contributed by atoms with van der Waals surface area (Å²) < 4.78 is 5.22. The van der Waals surface area contributed by atoms with Crippen molar-refractivity contribution in [2.45, 2.75) is 96.4 Å². The molecule has 0 saturated carbocycles. The standard InChI is InChI=1S/C20H39NO4/c1-4-5-6-7-8-9-10-11-12-13-17-25-19(22)16-14-15-18(20(23)24)21(2)3/h18H,4-17H2,1-3H3,(H,23,24). The van der Waals surface area contributed by atoms with Gasteiger partial charge in [0.15, 0.2) is 0 Å². The number of carboxylic acids is 1. The second kappa shape index (κ2) is 16.4. The van der Waals surface area contributed by atoms with Crippen LogP contribution in [0.2, 0.25) is 0 Å². The van der Waals surface area contributed by atoms with Gasteiger partial charge in [-0.15, -0.1) is 0 Å². The number of esters is 1. The van der Waals surface area contributed by atoms with Crippen molar-refractivity contribution in [2.75, 3.05) is 20.7 Å². The van der Waals surface area contributed by atoms with Crippen molar-refractivity contribution in [3.05, 3.63) is 0 Å². The number of likely N-dealkylation sites (N-methyl/N-ethyl adjacent to an activating group) is 1. The highest BCUT2D eigenvalue weighted by atomic mass is 16.5. The number of carbonyl (C=O) groups is 2. The van der Waals surface area contributed by atoms with Gasteiger partial charge in [0.1, 0.15) is 6.04 Å². The molecule has 5 heteroatoms. The molecule has 1 unspecified atom stereocenters. The minimum Gasteiger partial charge on any atom is -0.480 e. The summed E-state index contributed by atoms with van der Waals surface area (Å²) in [5.41, 5.74) is 0. The Labute approximate surface area is 154 Å². The zero-order chi connectivity index (χ0) is 18.9.